The number of rotatable bonds is 19. The molecule has 0 amide bonds. The predicted octanol–water partition coefficient (Wildman–Crippen LogP) is 6.67. The van der Waals surface area contributed by atoms with Crippen molar-refractivity contribution in [2.24, 2.45) is 11.8 Å². The zero-order valence-electron chi connectivity index (χ0n) is 17.2. The highest BCUT2D eigenvalue weighted by atomic mass is 16.4. The number of aliphatic carboxylic acids is 2. The summed E-state index contributed by atoms with van der Waals surface area (Å²) in [6.45, 7) is 4.40. The first kappa shape index (κ1) is 24.9. The summed E-state index contributed by atoms with van der Waals surface area (Å²) in [6, 6.07) is 0. The Labute approximate surface area is 160 Å². The van der Waals surface area contributed by atoms with Crippen molar-refractivity contribution in [2.75, 3.05) is 0 Å². The molecule has 4 heteroatoms. The first-order valence-electron chi connectivity index (χ1n) is 11.0. The predicted molar refractivity (Wildman–Crippen MR) is 107 cm³/mol. The van der Waals surface area contributed by atoms with Crippen LogP contribution in [-0.2, 0) is 9.59 Å². The molecule has 0 aromatic rings. The van der Waals surface area contributed by atoms with E-state index in [9.17, 15) is 14.7 Å². The molecule has 154 valence electrons. The molecule has 0 radical (unpaired) electrons. The van der Waals surface area contributed by atoms with Crippen LogP contribution in [0.25, 0.3) is 0 Å². The Morgan fingerprint density at radius 2 is 1.27 bits per heavy atom. The summed E-state index contributed by atoms with van der Waals surface area (Å²) in [7, 11) is 0. The summed E-state index contributed by atoms with van der Waals surface area (Å²) in [5.74, 6) is -0.929. The van der Waals surface area contributed by atoms with Gasteiger partial charge in [-0.3, -0.25) is 9.59 Å². The van der Waals surface area contributed by atoms with Crippen LogP contribution in [0.3, 0.4) is 0 Å². The molecule has 0 bridgehead atoms. The van der Waals surface area contributed by atoms with Crippen molar-refractivity contribution in [3.05, 3.63) is 0 Å². The third kappa shape index (κ3) is 15.2. The highest BCUT2D eigenvalue weighted by Gasteiger charge is 2.21. The standard InChI is InChI=1S/C22H42O4/c1-3-5-11-15-19(14-4-2)18-20(22(25)26)16-12-9-7-6-8-10-13-17-21(23)24/h19-20H,3-18H2,1-2H3,(H,23,24)(H,25,26). The normalized spacial score (nSPS) is 13.5. The summed E-state index contributed by atoms with van der Waals surface area (Å²) in [5, 5.41) is 18.1. The molecule has 0 aliphatic heterocycles. The lowest BCUT2D eigenvalue weighted by Gasteiger charge is -2.21. The lowest BCUT2D eigenvalue weighted by molar-refractivity contribution is -0.142. The first-order chi connectivity index (χ1) is 12.5. The fraction of sp³-hybridized carbons (Fsp3) is 0.909. The van der Waals surface area contributed by atoms with Gasteiger partial charge in [0, 0.05) is 6.42 Å². The zero-order valence-corrected chi connectivity index (χ0v) is 17.2. The van der Waals surface area contributed by atoms with Gasteiger partial charge in [-0.05, 0) is 25.2 Å². The molecule has 0 aromatic carbocycles. The van der Waals surface area contributed by atoms with Crippen LogP contribution in [0.15, 0.2) is 0 Å². The van der Waals surface area contributed by atoms with Crippen molar-refractivity contribution < 1.29 is 19.8 Å². The summed E-state index contributed by atoms with van der Waals surface area (Å²) in [4.78, 5) is 22.0. The first-order valence-corrected chi connectivity index (χ1v) is 11.0. The van der Waals surface area contributed by atoms with E-state index in [1.807, 2.05) is 0 Å². The highest BCUT2D eigenvalue weighted by molar-refractivity contribution is 5.69. The molecular formula is C22H42O4. The minimum Gasteiger partial charge on any atom is -0.481 e. The van der Waals surface area contributed by atoms with Crippen LogP contribution < -0.4 is 0 Å². The molecule has 0 heterocycles. The van der Waals surface area contributed by atoms with Crippen LogP contribution in [0.1, 0.15) is 117 Å². The third-order valence-electron chi connectivity index (χ3n) is 5.32. The molecule has 0 aliphatic rings. The van der Waals surface area contributed by atoms with Crippen LogP contribution in [0.5, 0.6) is 0 Å². The maximum Gasteiger partial charge on any atom is 0.306 e. The third-order valence-corrected chi connectivity index (χ3v) is 5.32. The zero-order chi connectivity index (χ0) is 19.6. The molecule has 26 heavy (non-hydrogen) atoms. The van der Waals surface area contributed by atoms with Gasteiger partial charge in [-0.25, -0.2) is 0 Å². The SMILES string of the molecule is CCCCCC(CCC)CC(CCCCCCCCCC(=O)O)C(=O)O. The van der Waals surface area contributed by atoms with E-state index in [0.717, 1.165) is 70.6 Å². The molecule has 2 atom stereocenters. The van der Waals surface area contributed by atoms with E-state index in [1.165, 1.54) is 25.7 Å². The Balaban J connectivity index is 3.92. The van der Waals surface area contributed by atoms with Gasteiger partial charge in [-0.1, -0.05) is 90.9 Å². The van der Waals surface area contributed by atoms with E-state index in [2.05, 4.69) is 13.8 Å². The van der Waals surface area contributed by atoms with E-state index in [4.69, 9.17) is 5.11 Å². The smallest absolute Gasteiger partial charge is 0.306 e. The van der Waals surface area contributed by atoms with Crippen LogP contribution >= 0.6 is 0 Å². The molecular weight excluding hydrogens is 328 g/mol. The Bertz CT molecular complexity index is 354. The number of carbonyl (C=O) groups is 2. The molecule has 2 N–H and O–H groups in total. The molecule has 0 saturated heterocycles. The summed E-state index contributed by atoms with van der Waals surface area (Å²) in [5.41, 5.74) is 0. The Hall–Kier alpha value is -1.06. The molecule has 4 nitrogen and oxygen atoms in total. The van der Waals surface area contributed by atoms with Gasteiger partial charge in [0.05, 0.1) is 5.92 Å². The molecule has 2 unspecified atom stereocenters. The molecule has 0 fully saturated rings. The van der Waals surface area contributed by atoms with Crippen molar-refractivity contribution in [3.63, 3.8) is 0 Å². The lowest BCUT2D eigenvalue weighted by Crippen LogP contribution is -2.18. The van der Waals surface area contributed by atoms with Crippen LogP contribution in [0.4, 0.5) is 0 Å². The van der Waals surface area contributed by atoms with Gasteiger partial charge in [-0.15, -0.1) is 0 Å². The van der Waals surface area contributed by atoms with E-state index in [0.29, 0.717) is 5.92 Å². The maximum atomic E-state index is 11.6. The maximum absolute atomic E-state index is 11.6. The summed E-state index contributed by atoms with van der Waals surface area (Å²) >= 11 is 0. The van der Waals surface area contributed by atoms with Gasteiger partial charge < -0.3 is 10.2 Å². The van der Waals surface area contributed by atoms with Crippen molar-refractivity contribution >= 4 is 11.9 Å². The second-order valence-corrected chi connectivity index (χ2v) is 7.83. The molecule has 0 saturated carbocycles. The largest absolute Gasteiger partial charge is 0.481 e. The Kier molecular flexibility index (Phi) is 16.7. The van der Waals surface area contributed by atoms with Gasteiger partial charge in [0.1, 0.15) is 0 Å². The minimum absolute atomic E-state index is 0.177. The minimum atomic E-state index is -0.708. The quantitative estimate of drug-likeness (QED) is 0.249. The number of unbranched alkanes of at least 4 members (excludes halogenated alkanes) is 8. The van der Waals surface area contributed by atoms with E-state index in [1.54, 1.807) is 0 Å². The number of carboxylic acids is 2. The number of hydrogen-bond acceptors (Lipinski definition) is 2. The van der Waals surface area contributed by atoms with Crippen LogP contribution in [0, 0.1) is 11.8 Å². The van der Waals surface area contributed by atoms with E-state index < -0.39 is 11.9 Å². The molecule has 0 rings (SSSR count). The van der Waals surface area contributed by atoms with Crippen molar-refractivity contribution in [3.8, 4) is 0 Å². The summed E-state index contributed by atoms with van der Waals surface area (Å²) < 4.78 is 0. The van der Waals surface area contributed by atoms with Crippen molar-refractivity contribution in [2.45, 2.75) is 117 Å². The second kappa shape index (κ2) is 17.4. The number of carboxylic acid groups (broad SMARTS) is 2. The van der Waals surface area contributed by atoms with Gasteiger partial charge in [0.25, 0.3) is 0 Å². The van der Waals surface area contributed by atoms with E-state index >= 15 is 0 Å². The second-order valence-electron chi connectivity index (χ2n) is 7.83. The monoisotopic (exact) mass is 370 g/mol. The lowest BCUT2D eigenvalue weighted by atomic mass is 9.85. The van der Waals surface area contributed by atoms with Gasteiger partial charge in [0.2, 0.25) is 0 Å². The van der Waals surface area contributed by atoms with Gasteiger partial charge in [-0.2, -0.15) is 0 Å². The molecule has 0 aromatic heterocycles. The topological polar surface area (TPSA) is 74.6 Å². The van der Waals surface area contributed by atoms with Gasteiger partial charge in [0.15, 0.2) is 0 Å². The molecule has 0 aliphatic carbocycles. The fourth-order valence-corrected chi connectivity index (χ4v) is 3.77. The fourth-order valence-electron chi connectivity index (χ4n) is 3.77. The average Bonchev–Trinajstić information content (AvgIpc) is 2.58. The molecule has 0 spiro atoms. The summed E-state index contributed by atoms with van der Waals surface area (Å²) in [6.07, 6.45) is 16.3. The van der Waals surface area contributed by atoms with Crippen molar-refractivity contribution in [1.82, 2.24) is 0 Å². The van der Waals surface area contributed by atoms with Gasteiger partial charge >= 0.3 is 11.9 Å². The Morgan fingerprint density at radius 3 is 1.81 bits per heavy atom. The highest BCUT2D eigenvalue weighted by Crippen LogP contribution is 2.27. The number of hydrogen-bond donors (Lipinski definition) is 2. The van der Waals surface area contributed by atoms with Crippen LogP contribution in [-0.4, -0.2) is 22.2 Å². The van der Waals surface area contributed by atoms with Crippen LogP contribution in [0.2, 0.25) is 0 Å². The Morgan fingerprint density at radius 1 is 0.692 bits per heavy atom. The van der Waals surface area contributed by atoms with Crippen molar-refractivity contribution in [1.29, 1.82) is 0 Å². The van der Waals surface area contributed by atoms with E-state index in [-0.39, 0.29) is 12.3 Å². The average molecular weight is 371 g/mol.